The molecule has 0 aliphatic carbocycles. The van der Waals surface area contributed by atoms with Gasteiger partial charge in [0.1, 0.15) is 0 Å². The summed E-state index contributed by atoms with van der Waals surface area (Å²) < 4.78 is 0. The predicted molar refractivity (Wildman–Crippen MR) is 72.1 cm³/mol. The lowest BCUT2D eigenvalue weighted by Crippen LogP contribution is -2.34. The molecule has 1 heterocycles. The third-order valence-electron chi connectivity index (χ3n) is 2.72. The van der Waals surface area contributed by atoms with Gasteiger partial charge in [-0.25, -0.2) is 0 Å². The summed E-state index contributed by atoms with van der Waals surface area (Å²) >= 11 is 5.79. The van der Waals surface area contributed by atoms with Crippen LogP contribution in [0.4, 0.5) is 0 Å². The number of carbonyl (C=O) groups is 1. The van der Waals surface area contributed by atoms with Gasteiger partial charge >= 0.3 is 0 Å². The second-order valence-corrected chi connectivity index (χ2v) is 4.34. The molecule has 1 saturated heterocycles. The molecule has 1 aromatic rings. The molecular weight excluding hydrogens is 259 g/mol. The minimum atomic E-state index is 0. The van der Waals surface area contributed by atoms with Crippen molar-refractivity contribution in [3.05, 3.63) is 34.9 Å². The van der Waals surface area contributed by atoms with Gasteiger partial charge in [0.2, 0.25) is 0 Å². The van der Waals surface area contributed by atoms with E-state index < -0.39 is 0 Å². The summed E-state index contributed by atoms with van der Waals surface area (Å²) in [5.74, 6) is 0.0976. The molecule has 1 amide bonds. The van der Waals surface area contributed by atoms with Gasteiger partial charge in [-0.3, -0.25) is 4.79 Å². The summed E-state index contributed by atoms with van der Waals surface area (Å²) in [6.45, 7) is 3.47. The zero-order valence-electron chi connectivity index (χ0n) is 9.49. The Morgan fingerprint density at radius 3 is 2.59 bits per heavy atom. The molecule has 17 heavy (non-hydrogen) atoms. The highest BCUT2D eigenvalue weighted by Gasteiger charge is 2.16. The van der Waals surface area contributed by atoms with Crippen LogP contribution in [0.25, 0.3) is 0 Å². The second-order valence-electron chi connectivity index (χ2n) is 3.90. The van der Waals surface area contributed by atoms with Gasteiger partial charge < -0.3 is 10.2 Å². The number of hydrogen-bond acceptors (Lipinski definition) is 2. The maximum absolute atomic E-state index is 12.1. The Hall–Kier alpha value is -0.770. The van der Waals surface area contributed by atoms with Crippen molar-refractivity contribution in [3.63, 3.8) is 0 Å². The first kappa shape index (κ1) is 14.3. The van der Waals surface area contributed by atoms with Crippen LogP contribution in [0.2, 0.25) is 5.02 Å². The average Bonchev–Trinajstić information content (AvgIpc) is 2.57. The van der Waals surface area contributed by atoms with Crippen LogP contribution in [-0.2, 0) is 0 Å². The van der Waals surface area contributed by atoms with E-state index in [1.54, 1.807) is 24.3 Å². The number of hydrogen-bond donors (Lipinski definition) is 1. The van der Waals surface area contributed by atoms with Crippen molar-refractivity contribution in [2.75, 3.05) is 26.2 Å². The zero-order valence-corrected chi connectivity index (χ0v) is 11.1. The summed E-state index contributed by atoms with van der Waals surface area (Å²) in [6, 6.07) is 7.07. The third-order valence-corrected chi connectivity index (χ3v) is 2.97. The van der Waals surface area contributed by atoms with E-state index in [1.165, 1.54) is 0 Å². The fourth-order valence-corrected chi connectivity index (χ4v) is 1.95. The molecule has 1 aliphatic rings. The number of amides is 1. The number of nitrogens with zero attached hydrogens (tertiary/aromatic N) is 1. The Bertz CT molecular complexity index is 359. The average molecular weight is 275 g/mol. The third kappa shape index (κ3) is 3.87. The van der Waals surface area contributed by atoms with Gasteiger partial charge in [0.05, 0.1) is 0 Å². The van der Waals surface area contributed by atoms with E-state index in [2.05, 4.69) is 5.32 Å². The number of halogens is 2. The van der Waals surface area contributed by atoms with E-state index in [0.29, 0.717) is 10.6 Å². The minimum absolute atomic E-state index is 0. The summed E-state index contributed by atoms with van der Waals surface area (Å²) in [6.07, 6.45) is 1.01. The lowest BCUT2D eigenvalue weighted by molar-refractivity contribution is 0.0766. The van der Waals surface area contributed by atoms with E-state index in [9.17, 15) is 4.79 Å². The van der Waals surface area contributed by atoms with Crippen molar-refractivity contribution in [2.24, 2.45) is 0 Å². The van der Waals surface area contributed by atoms with Crippen LogP contribution in [0.15, 0.2) is 24.3 Å². The van der Waals surface area contributed by atoms with Crippen LogP contribution < -0.4 is 5.32 Å². The highest BCUT2D eigenvalue weighted by Crippen LogP contribution is 2.12. The van der Waals surface area contributed by atoms with Gasteiger partial charge in [0.25, 0.3) is 5.91 Å². The number of nitrogens with one attached hydrogen (secondary N) is 1. The lowest BCUT2D eigenvalue weighted by atomic mass is 10.2. The molecule has 0 radical (unpaired) electrons. The maximum atomic E-state index is 12.1. The van der Waals surface area contributed by atoms with E-state index in [1.807, 2.05) is 4.90 Å². The molecule has 0 bridgehead atoms. The zero-order chi connectivity index (χ0) is 11.4. The highest BCUT2D eigenvalue weighted by molar-refractivity contribution is 6.30. The fraction of sp³-hybridized carbons (Fsp3) is 0.417. The molecule has 0 saturated carbocycles. The van der Waals surface area contributed by atoms with Gasteiger partial charge in [-0.1, -0.05) is 11.6 Å². The number of rotatable bonds is 1. The summed E-state index contributed by atoms with van der Waals surface area (Å²) in [7, 11) is 0. The Morgan fingerprint density at radius 2 is 1.88 bits per heavy atom. The predicted octanol–water partition coefficient (Wildman–Crippen LogP) is 2.20. The van der Waals surface area contributed by atoms with Crippen molar-refractivity contribution < 1.29 is 4.79 Å². The molecule has 1 fully saturated rings. The van der Waals surface area contributed by atoms with Gasteiger partial charge in [-0.2, -0.15) is 0 Å². The van der Waals surface area contributed by atoms with Crippen LogP contribution in [0.1, 0.15) is 16.8 Å². The lowest BCUT2D eigenvalue weighted by Gasteiger charge is -2.19. The quantitative estimate of drug-likeness (QED) is 0.852. The fourth-order valence-electron chi connectivity index (χ4n) is 1.82. The molecule has 1 aromatic carbocycles. The van der Waals surface area contributed by atoms with Crippen LogP contribution in [0.5, 0.6) is 0 Å². The molecule has 94 valence electrons. The Labute approximate surface area is 113 Å². The first-order valence-corrected chi connectivity index (χ1v) is 5.91. The number of benzene rings is 1. The van der Waals surface area contributed by atoms with E-state index >= 15 is 0 Å². The smallest absolute Gasteiger partial charge is 0.253 e. The van der Waals surface area contributed by atoms with E-state index in [-0.39, 0.29) is 18.3 Å². The molecule has 0 unspecified atom stereocenters. The van der Waals surface area contributed by atoms with Gasteiger partial charge in [-0.15, -0.1) is 12.4 Å². The monoisotopic (exact) mass is 274 g/mol. The molecule has 1 aliphatic heterocycles. The molecule has 0 aromatic heterocycles. The topological polar surface area (TPSA) is 32.3 Å². The van der Waals surface area contributed by atoms with Crippen LogP contribution >= 0.6 is 24.0 Å². The molecule has 1 N–H and O–H groups in total. The van der Waals surface area contributed by atoms with Crippen LogP contribution in [0.3, 0.4) is 0 Å². The number of carbonyl (C=O) groups excluding carboxylic acids is 1. The van der Waals surface area contributed by atoms with Gasteiger partial charge in [-0.05, 0) is 37.2 Å². The SMILES string of the molecule is Cl.O=C(c1ccc(Cl)cc1)N1CCCNCC1. The molecular formula is C12H16Cl2N2O. The normalized spacial score (nSPS) is 15.9. The maximum Gasteiger partial charge on any atom is 0.253 e. The van der Waals surface area contributed by atoms with Crippen LogP contribution in [0, 0.1) is 0 Å². The van der Waals surface area contributed by atoms with Gasteiger partial charge in [0, 0.05) is 30.2 Å². The first-order valence-electron chi connectivity index (χ1n) is 5.53. The second kappa shape index (κ2) is 6.84. The van der Waals surface area contributed by atoms with E-state index in [4.69, 9.17) is 11.6 Å². The molecule has 0 spiro atoms. The summed E-state index contributed by atoms with van der Waals surface area (Å²) in [4.78, 5) is 14.0. The Balaban J connectivity index is 0.00000144. The molecule has 2 rings (SSSR count). The van der Waals surface area contributed by atoms with Crippen molar-refractivity contribution in [3.8, 4) is 0 Å². The molecule has 0 atom stereocenters. The van der Waals surface area contributed by atoms with Crippen molar-refractivity contribution in [1.29, 1.82) is 0 Å². The Morgan fingerprint density at radius 1 is 1.18 bits per heavy atom. The van der Waals surface area contributed by atoms with E-state index in [0.717, 1.165) is 32.6 Å². The minimum Gasteiger partial charge on any atom is -0.337 e. The van der Waals surface area contributed by atoms with Crippen molar-refractivity contribution >= 4 is 29.9 Å². The van der Waals surface area contributed by atoms with Crippen LogP contribution in [-0.4, -0.2) is 37.0 Å². The summed E-state index contributed by atoms with van der Waals surface area (Å²) in [5.41, 5.74) is 0.714. The molecule has 5 heteroatoms. The first-order chi connectivity index (χ1) is 7.77. The summed E-state index contributed by atoms with van der Waals surface area (Å²) in [5, 5.41) is 3.94. The standard InChI is InChI=1S/C12H15ClN2O.ClH/c13-11-4-2-10(3-5-11)12(16)15-8-1-6-14-7-9-15;/h2-5,14H,1,6-9H2;1H. The molecule has 3 nitrogen and oxygen atoms in total. The van der Waals surface area contributed by atoms with Crippen molar-refractivity contribution in [2.45, 2.75) is 6.42 Å². The van der Waals surface area contributed by atoms with Gasteiger partial charge in [0.15, 0.2) is 0 Å². The largest absolute Gasteiger partial charge is 0.337 e. The highest BCUT2D eigenvalue weighted by atomic mass is 35.5. The van der Waals surface area contributed by atoms with Crippen molar-refractivity contribution in [1.82, 2.24) is 10.2 Å². The Kier molecular flexibility index (Phi) is 5.75.